The maximum absolute atomic E-state index is 10.2. The highest BCUT2D eigenvalue weighted by Crippen LogP contribution is 2.11. The van der Waals surface area contributed by atoms with Crippen molar-refractivity contribution >= 4 is 12.4 Å². The Morgan fingerprint density at radius 1 is 1.04 bits per heavy atom. The number of carboxylic acids is 1. The highest BCUT2D eigenvalue weighted by molar-refractivity contribution is 5.87. The Bertz CT molecular complexity index is 610. The van der Waals surface area contributed by atoms with Crippen molar-refractivity contribution in [2.24, 2.45) is 0 Å². The van der Waals surface area contributed by atoms with Gasteiger partial charge in [0.05, 0.1) is 12.2 Å². The van der Waals surface area contributed by atoms with Crippen LogP contribution < -0.4 is 0 Å². The summed E-state index contributed by atoms with van der Waals surface area (Å²) in [5, 5.41) is 8.38. The first kappa shape index (κ1) is 21.4. The van der Waals surface area contributed by atoms with Crippen molar-refractivity contribution in [3.63, 3.8) is 0 Å². The zero-order chi connectivity index (χ0) is 19.0. The minimum Gasteiger partial charge on any atom is -0.478 e. The fourth-order valence-electron chi connectivity index (χ4n) is 2.43. The SMILES string of the molecule is CCOC=O.O=C(O)c1ccccc1.c1ccc(CN2CCCC2)cc1. The van der Waals surface area contributed by atoms with Gasteiger partial charge in [-0.3, -0.25) is 9.69 Å². The lowest BCUT2D eigenvalue weighted by molar-refractivity contribution is -0.128. The number of rotatable bonds is 5. The molecular weight excluding hydrogens is 330 g/mol. The summed E-state index contributed by atoms with van der Waals surface area (Å²) in [4.78, 5) is 21.9. The molecule has 3 rings (SSSR count). The largest absolute Gasteiger partial charge is 0.478 e. The van der Waals surface area contributed by atoms with Crippen molar-refractivity contribution in [1.82, 2.24) is 4.90 Å². The molecular formula is C21H27NO4. The van der Waals surface area contributed by atoms with Gasteiger partial charge in [-0.15, -0.1) is 0 Å². The first-order valence-electron chi connectivity index (χ1n) is 8.77. The molecule has 0 amide bonds. The van der Waals surface area contributed by atoms with Gasteiger partial charge in [0.1, 0.15) is 0 Å². The lowest BCUT2D eigenvalue weighted by Crippen LogP contribution is -2.18. The minimum absolute atomic E-state index is 0.331. The summed E-state index contributed by atoms with van der Waals surface area (Å²) in [5.74, 6) is -0.879. The van der Waals surface area contributed by atoms with Crippen LogP contribution in [0.3, 0.4) is 0 Å². The molecule has 5 heteroatoms. The number of carboxylic acid groups (broad SMARTS) is 1. The zero-order valence-corrected chi connectivity index (χ0v) is 15.2. The summed E-state index contributed by atoms with van der Waals surface area (Å²) in [6.45, 7) is 6.38. The number of carbonyl (C=O) groups is 2. The van der Waals surface area contributed by atoms with Crippen molar-refractivity contribution < 1.29 is 19.4 Å². The van der Waals surface area contributed by atoms with E-state index in [0.717, 1.165) is 6.54 Å². The number of likely N-dealkylation sites (tertiary alicyclic amines) is 1. The molecule has 1 aliphatic rings. The molecule has 0 aliphatic carbocycles. The maximum Gasteiger partial charge on any atom is 0.335 e. The van der Waals surface area contributed by atoms with Gasteiger partial charge in [-0.1, -0.05) is 48.5 Å². The van der Waals surface area contributed by atoms with E-state index >= 15 is 0 Å². The Kier molecular flexibility index (Phi) is 11.2. The fourth-order valence-corrected chi connectivity index (χ4v) is 2.43. The molecule has 1 saturated heterocycles. The summed E-state index contributed by atoms with van der Waals surface area (Å²) in [7, 11) is 0. The number of ether oxygens (including phenoxy) is 1. The van der Waals surface area contributed by atoms with Gasteiger partial charge >= 0.3 is 5.97 Å². The summed E-state index contributed by atoms with van der Waals surface area (Å²) in [5.41, 5.74) is 1.77. The van der Waals surface area contributed by atoms with Crippen LogP contribution in [0, 0.1) is 0 Å². The molecule has 0 spiro atoms. The van der Waals surface area contributed by atoms with E-state index in [9.17, 15) is 9.59 Å². The molecule has 1 N–H and O–H groups in total. The predicted molar refractivity (Wildman–Crippen MR) is 102 cm³/mol. The van der Waals surface area contributed by atoms with Gasteiger partial charge in [-0.25, -0.2) is 4.79 Å². The highest BCUT2D eigenvalue weighted by atomic mass is 16.5. The average Bonchev–Trinajstić information content (AvgIpc) is 3.18. The second-order valence-electron chi connectivity index (χ2n) is 5.69. The van der Waals surface area contributed by atoms with Gasteiger partial charge in [-0.05, 0) is 50.6 Å². The molecule has 1 aliphatic heterocycles. The molecule has 1 heterocycles. The molecule has 2 aromatic carbocycles. The number of hydrogen-bond donors (Lipinski definition) is 1. The summed E-state index contributed by atoms with van der Waals surface area (Å²) >= 11 is 0. The van der Waals surface area contributed by atoms with E-state index in [1.54, 1.807) is 37.3 Å². The second kappa shape index (κ2) is 13.6. The van der Waals surface area contributed by atoms with Crippen LogP contribution in [0.4, 0.5) is 0 Å². The van der Waals surface area contributed by atoms with Crippen LogP contribution in [-0.2, 0) is 16.1 Å². The molecule has 0 saturated carbocycles. The third-order valence-corrected chi connectivity index (χ3v) is 3.70. The smallest absolute Gasteiger partial charge is 0.335 e. The van der Waals surface area contributed by atoms with Crippen LogP contribution in [0.25, 0.3) is 0 Å². The lowest BCUT2D eigenvalue weighted by atomic mass is 10.2. The predicted octanol–water partition coefficient (Wildman–Crippen LogP) is 3.85. The van der Waals surface area contributed by atoms with Gasteiger partial charge < -0.3 is 9.84 Å². The van der Waals surface area contributed by atoms with Crippen LogP contribution in [-0.4, -0.2) is 42.1 Å². The third kappa shape index (κ3) is 9.59. The van der Waals surface area contributed by atoms with Crippen LogP contribution >= 0.6 is 0 Å². The Labute approximate surface area is 155 Å². The topological polar surface area (TPSA) is 66.8 Å². The van der Waals surface area contributed by atoms with E-state index in [1.165, 1.54) is 31.5 Å². The molecule has 0 radical (unpaired) electrons. The minimum atomic E-state index is -0.879. The molecule has 2 aromatic rings. The lowest BCUT2D eigenvalue weighted by Gasteiger charge is -2.13. The number of benzene rings is 2. The Hall–Kier alpha value is -2.66. The first-order chi connectivity index (χ1) is 12.7. The zero-order valence-electron chi connectivity index (χ0n) is 15.2. The monoisotopic (exact) mass is 357 g/mol. The van der Waals surface area contributed by atoms with Crippen LogP contribution in [0.1, 0.15) is 35.7 Å². The number of carbonyl (C=O) groups excluding carboxylic acids is 1. The van der Waals surface area contributed by atoms with E-state index in [1.807, 2.05) is 0 Å². The highest BCUT2D eigenvalue weighted by Gasteiger charge is 2.10. The molecule has 0 atom stereocenters. The molecule has 0 unspecified atom stereocenters. The Morgan fingerprint density at radius 2 is 1.58 bits per heavy atom. The first-order valence-corrected chi connectivity index (χ1v) is 8.77. The van der Waals surface area contributed by atoms with E-state index in [-0.39, 0.29) is 0 Å². The molecule has 5 nitrogen and oxygen atoms in total. The maximum atomic E-state index is 10.2. The van der Waals surface area contributed by atoms with Gasteiger partial charge in [0.15, 0.2) is 0 Å². The summed E-state index contributed by atoms with van der Waals surface area (Å²) < 4.78 is 4.15. The van der Waals surface area contributed by atoms with Crippen molar-refractivity contribution in [1.29, 1.82) is 0 Å². The molecule has 140 valence electrons. The van der Waals surface area contributed by atoms with E-state index < -0.39 is 5.97 Å². The number of aromatic carboxylic acids is 1. The van der Waals surface area contributed by atoms with Crippen LogP contribution in [0.15, 0.2) is 60.7 Å². The molecule has 1 fully saturated rings. The average molecular weight is 357 g/mol. The van der Waals surface area contributed by atoms with Crippen molar-refractivity contribution in [3.8, 4) is 0 Å². The third-order valence-electron chi connectivity index (χ3n) is 3.70. The van der Waals surface area contributed by atoms with Crippen LogP contribution in [0.2, 0.25) is 0 Å². The van der Waals surface area contributed by atoms with E-state index in [0.29, 0.717) is 18.6 Å². The number of nitrogens with zero attached hydrogens (tertiary/aromatic N) is 1. The van der Waals surface area contributed by atoms with Gasteiger partial charge in [0, 0.05) is 6.54 Å². The van der Waals surface area contributed by atoms with Gasteiger partial charge in [-0.2, -0.15) is 0 Å². The molecule has 0 bridgehead atoms. The standard InChI is InChI=1S/C11H15N.C7H6O2.C3H6O2/c1-2-6-11(7-3-1)10-12-8-4-5-9-12;8-7(9)6-4-2-1-3-5-6;1-2-5-3-4/h1-3,6-7H,4-5,8-10H2;1-5H,(H,8,9);3H,2H2,1H3. The Morgan fingerprint density at radius 3 is 1.96 bits per heavy atom. The summed E-state index contributed by atoms with van der Waals surface area (Å²) in [6.07, 6.45) is 2.76. The fraction of sp³-hybridized carbons (Fsp3) is 0.333. The normalized spacial score (nSPS) is 12.8. The van der Waals surface area contributed by atoms with Crippen molar-refractivity contribution in [3.05, 3.63) is 71.8 Å². The van der Waals surface area contributed by atoms with E-state index in [2.05, 4.69) is 40.0 Å². The van der Waals surface area contributed by atoms with Gasteiger partial charge in [0.2, 0.25) is 0 Å². The van der Waals surface area contributed by atoms with Crippen molar-refractivity contribution in [2.75, 3.05) is 19.7 Å². The summed E-state index contributed by atoms with van der Waals surface area (Å²) in [6, 6.07) is 19.0. The quantitative estimate of drug-likeness (QED) is 0.824. The Balaban J connectivity index is 0.000000214. The molecule has 26 heavy (non-hydrogen) atoms. The van der Waals surface area contributed by atoms with Gasteiger partial charge in [0.25, 0.3) is 6.47 Å². The number of hydrogen-bond acceptors (Lipinski definition) is 4. The van der Waals surface area contributed by atoms with Crippen molar-refractivity contribution in [2.45, 2.75) is 26.3 Å². The van der Waals surface area contributed by atoms with Crippen LogP contribution in [0.5, 0.6) is 0 Å². The second-order valence-corrected chi connectivity index (χ2v) is 5.69. The van der Waals surface area contributed by atoms with E-state index in [4.69, 9.17) is 5.11 Å². The molecule has 0 aromatic heterocycles.